The van der Waals surface area contributed by atoms with Gasteiger partial charge in [-0.25, -0.2) is 0 Å². The fourth-order valence-corrected chi connectivity index (χ4v) is 10.8. The molecule has 1 saturated heterocycles. The van der Waals surface area contributed by atoms with E-state index in [0.717, 1.165) is 44.9 Å². The van der Waals surface area contributed by atoms with Crippen LogP contribution in [0.4, 0.5) is 0 Å². The number of rotatable bonds is 59. The minimum atomic E-state index is -1.58. The van der Waals surface area contributed by atoms with Crippen molar-refractivity contribution in [1.29, 1.82) is 0 Å². The fraction of sp³-hybridized carbons (Fsp3) is 0.870. The molecule has 1 heterocycles. The molecule has 1 aliphatic rings. The SMILES string of the molecule is CCCCCCCCCC/C=C\CCCCCCCCCCCCCCCCCCCCCC(=O)NC(COC1OC(CO)C(O)C(O)C1O)C(O)/C=C/CC/C=C/CC/C=C/CCCCCCCCCCCCCCCC. The van der Waals surface area contributed by atoms with Gasteiger partial charge < -0.3 is 40.3 Å². The number of hydrogen-bond acceptors (Lipinski definition) is 8. The summed E-state index contributed by atoms with van der Waals surface area (Å²) < 4.78 is 11.3. The van der Waals surface area contributed by atoms with Gasteiger partial charge in [-0.05, 0) is 70.6 Å². The van der Waals surface area contributed by atoms with Crippen molar-refractivity contribution in [3.05, 3.63) is 48.6 Å². The smallest absolute Gasteiger partial charge is 0.220 e. The van der Waals surface area contributed by atoms with E-state index in [0.29, 0.717) is 6.42 Å². The minimum Gasteiger partial charge on any atom is -0.394 e. The molecule has 458 valence electrons. The molecule has 0 saturated carbocycles. The third-order valence-electron chi connectivity index (χ3n) is 16.1. The molecule has 6 N–H and O–H groups in total. The van der Waals surface area contributed by atoms with Gasteiger partial charge in [0.2, 0.25) is 5.91 Å². The summed E-state index contributed by atoms with van der Waals surface area (Å²) >= 11 is 0. The van der Waals surface area contributed by atoms with Gasteiger partial charge >= 0.3 is 0 Å². The highest BCUT2D eigenvalue weighted by Gasteiger charge is 2.44. The molecule has 9 heteroatoms. The zero-order valence-corrected chi connectivity index (χ0v) is 51.2. The maximum Gasteiger partial charge on any atom is 0.220 e. The number of aliphatic hydroxyl groups excluding tert-OH is 5. The van der Waals surface area contributed by atoms with Gasteiger partial charge in [-0.3, -0.25) is 4.79 Å². The molecule has 1 amide bonds. The Hall–Kier alpha value is -1.85. The first-order valence-corrected chi connectivity index (χ1v) is 33.9. The van der Waals surface area contributed by atoms with Gasteiger partial charge in [0.05, 0.1) is 25.4 Å². The summed E-state index contributed by atoms with van der Waals surface area (Å²) in [7, 11) is 0. The van der Waals surface area contributed by atoms with Crippen LogP contribution < -0.4 is 5.32 Å². The van der Waals surface area contributed by atoms with Crippen molar-refractivity contribution in [2.75, 3.05) is 13.2 Å². The van der Waals surface area contributed by atoms with Crippen LogP contribution in [0.1, 0.15) is 328 Å². The van der Waals surface area contributed by atoms with Crippen molar-refractivity contribution < 1.29 is 39.8 Å². The Morgan fingerprint density at radius 3 is 1.08 bits per heavy atom. The van der Waals surface area contributed by atoms with Gasteiger partial charge in [0, 0.05) is 6.42 Å². The van der Waals surface area contributed by atoms with Gasteiger partial charge in [-0.1, -0.05) is 300 Å². The van der Waals surface area contributed by atoms with E-state index in [2.05, 4.69) is 55.6 Å². The summed E-state index contributed by atoms with van der Waals surface area (Å²) in [6, 6.07) is -0.829. The minimum absolute atomic E-state index is 0.185. The van der Waals surface area contributed by atoms with Crippen molar-refractivity contribution >= 4 is 5.91 Å². The van der Waals surface area contributed by atoms with Crippen LogP contribution in [0.5, 0.6) is 0 Å². The lowest BCUT2D eigenvalue weighted by atomic mass is 9.99. The molecule has 1 aliphatic heterocycles. The normalized spacial score (nSPS) is 18.9. The molecule has 7 atom stereocenters. The second-order valence-electron chi connectivity index (χ2n) is 23.6. The maximum absolute atomic E-state index is 13.1. The summed E-state index contributed by atoms with van der Waals surface area (Å²) in [5.41, 5.74) is 0. The molecule has 1 rings (SSSR count). The van der Waals surface area contributed by atoms with Crippen LogP contribution in [0.2, 0.25) is 0 Å². The molecule has 0 radical (unpaired) electrons. The Kier molecular flexibility index (Phi) is 55.5. The first-order chi connectivity index (χ1) is 38.3. The molecule has 0 aromatic carbocycles. The zero-order valence-electron chi connectivity index (χ0n) is 51.2. The van der Waals surface area contributed by atoms with Crippen molar-refractivity contribution in [1.82, 2.24) is 5.32 Å². The molecule has 1 fully saturated rings. The number of unbranched alkanes of at least 4 members (excludes halogenated alkanes) is 43. The highest BCUT2D eigenvalue weighted by Crippen LogP contribution is 2.23. The van der Waals surface area contributed by atoms with Crippen LogP contribution in [-0.2, 0) is 14.3 Å². The molecule has 0 aliphatic carbocycles. The Bertz CT molecular complexity index is 1370. The van der Waals surface area contributed by atoms with Crippen molar-refractivity contribution in [3.63, 3.8) is 0 Å². The standard InChI is InChI=1S/C69H129NO8/c1-3-5-7-9-11-13-15-17-19-21-23-25-27-29-30-31-32-33-34-35-37-39-41-43-45-47-49-51-53-55-57-59-65(73)70-62(61-77-69-68(76)67(75)66(74)64(60-71)78-69)63(72)58-56-54-52-50-48-46-44-42-40-38-36-28-26-24-22-20-18-16-14-12-10-8-6-4-2/h21,23,40,42,48,50,56,58,62-64,66-69,71-72,74-76H,3-20,22,24-39,41,43-47,49,51-55,57,59-61H2,1-2H3,(H,70,73)/b23-21-,42-40+,50-48+,58-56+. The summed E-state index contributed by atoms with van der Waals surface area (Å²) in [6.45, 7) is 3.80. The van der Waals surface area contributed by atoms with Gasteiger partial charge in [0.25, 0.3) is 0 Å². The second kappa shape index (κ2) is 58.4. The van der Waals surface area contributed by atoms with Crippen LogP contribution in [-0.4, -0.2) is 87.5 Å². The molecule has 0 aromatic heterocycles. The van der Waals surface area contributed by atoms with Gasteiger partial charge in [0.15, 0.2) is 6.29 Å². The second-order valence-corrected chi connectivity index (χ2v) is 23.6. The monoisotopic (exact) mass is 1100 g/mol. The summed E-state index contributed by atoms with van der Waals surface area (Å²) in [5.74, 6) is -0.185. The topological polar surface area (TPSA) is 149 Å². The Balaban J connectivity index is 2.16. The number of hydrogen-bond donors (Lipinski definition) is 6. The van der Waals surface area contributed by atoms with E-state index in [1.54, 1.807) is 6.08 Å². The van der Waals surface area contributed by atoms with Crippen molar-refractivity contribution in [3.8, 4) is 0 Å². The molecule has 0 aromatic rings. The predicted octanol–water partition coefficient (Wildman–Crippen LogP) is 18.0. The third-order valence-corrected chi connectivity index (χ3v) is 16.1. The molecule has 0 spiro atoms. The number of allylic oxidation sites excluding steroid dienone is 7. The van der Waals surface area contributed by atoms with E-state index in [-0.39, 0.29) is 12.5 Å². The molecular weight excluding hydrogens is 971 g/mol. The predicted molar refractivity (Wildman–Crippen MR) is 332 cm³/mol. The molecule has 0 bridgehead atoms. The van der Waals surface area contributed by atoms with E-state index in [1.165, 1.54) is 263 Å². The number of amides is 1. The average molecular weight is 1100 g/mol. The lowest BCUT2D eigenvalue weighted by Crippen LogP contribution is -2.60. The Labute approximate surface area is 482 Å². The maximum atomic E-state index is 13.1. The van der Waals surface area contributed by atoms with Crippen LogP contribution >= 0.6 is 0 Å². The van der Waals surface area contributed by atoms with Crippen LogP contribution in [0, 0.1) is 0 Å². The van der Waals surface area contributed by atoms with Crippen LogP contribution in [0.25, 0.3) is 0 Å². The fourth-order valence-electron chi connectivity index (χ4n) is 10.8. The van der Waals surface area contributed by atoms with Crippen molar-refractivity contribution in [2.24, 2.45) is 0 Å². The third kappa shape index (κ3) is 46.7. The van der Waals surface area contributed by atoms with E-state index >= 15 is 0 Å². The van der Waals surface area contributed by atoms with E-state index in [9.17, 15) is 30.3 Å². The largest absolute Gasteiger partial charge is 0.394 e. The Morgan fingerprint density at radius 2 is 0.731 bits per heavy atom. The Morgan fingerprint density at radius 1 is 0.423 bits per heavy atom. The van der Waals surface area contributed by atoms with Crippen LogP contribution in [0.15, 0.2) is 48.6 Å². The van der Waals surface area contributed by atoms with Gasteiger partial charge in [-0.15, -0.1) is 0 Å². The van der Waals surface area contributed by atoms with Gasteiger partial charge in [0.1, 0.15) is 24.4 Å². The van der Waals surface area contributed by atoms with Crippen molar-refractivity contribution in [2.45, 2.75) is 371 Å². The zero-order chi connectivity index (χ0) is 56.5. The number of carbonyl (C=O) groups is 1. The summed E-state index contributed by atoms with van der Waals surface area (Å²) in [4.78, 5) is 13.1. The van der Waals surface area contributed by atoms with E-state index in [1.807, 2.05) is 6.08 Å². The van der Waals surface area contributed by atoms with E-state index < -0.39 is 49.5 Å². The molecular formula is C69H129NO8. The molecule has 78 heavy (non-hydrogen) atoms. The number of aliphatic hydroxyl groups is 5. The van der Waals surface area contributed by atoms with Gasteiger partial charge in [-0.2, -0.15) is 0 Å². The highest BCUT2D eigenvalue weighted by molar-refractivity contribution is 5.76. The quantitative estimate of drug-likeness (QED) is 0.0261. The summed E-state index contributed by atoms with van der Waals surface area (Å²) in [6.07, 6.45) is 72.2. The summed E-state index contributed by atoms with van der Waals surface area (Å²) in [5, 5.41) is 54.7. The number of carbonyl (C=O) groups excluding carboxylic acids is 1. The lowest BCUT2D eigenvalue weighted by molar-refractivity contribution is -0.302. The highest BCUT2D eigenvalue weighted by atomic mass is 16.7. The molecule has 9 nitrogen and oxygen atoms in total. The average Bonchev–Trinajstić information content (AvgIpc) is 3.45. The lowest BCUT2D eigenvalue weighted by Gasteiger charge is -2.40. The molecule has 7 unspecified atom stereocenters. The van der Waals surface area contributed by atoms with Crippen LogP contribution in [0.3, 0.4) is 0 Å². The number of ether oxygens (including phenoxy) is 2. The first-order valence-electron chi connectivity index (χ1n) is 33.9. The number of nitrogens with one attached hydrogen (secondary N) is 1. The first kappa shape index (κ1) is 74.2. The van der Waals surface area contributed by atoms with E-state index in [4.69, 9.17) is 9.47 Å².